The fraction of sp³-hybridized carbons (Fsp3) is 0.844. The summed E-state index contributed by atoms with van der Waals surface area (Å²) in [4.78, 5) is 22.5. The summed E-state index contributed by atoms with van der Waals surface area (Å²) in [5.41, 5.74) is 0. The molecular formula is C32H63NO8P+. The Morgan fingerprint density at radius 2 is 1.29 bits per heavy atom. The standard InChI is InChI=1S/C32H62NO8P/c1-5-7-8-9-10-11-12-13-14-15-16-17-18-19-20-21-22-23-24-32(37)40-27-29(34)28-41-42(38,39)30(6-2)33(3,4)26-25-31(35)36/h9-10,15-16,29-31,34-36H,5-8,11-14,17-28H2,1-4H3/p+1/b10-9-,16-15-/t29-,30?/m1/s1. The number of quaternary nitrogens is 1. The van der Waals surface area contributed by atoms with Gasteiger partial charge in [0.2, 0.25) is 0 Å². The van der Waals surface area contributed by atoms with Crippen LogP contribution in [0, 0.1) is 0 Å². The van der Waals surface area contributed by atoms with Crippen molar-refractivity contribution in [1.82, 2.24) is 0 Å². The first kappa shape index (κ1) is 40.9. The van der Waals surface area contributed by atoms with E-state index in [9.17, 15) is 19.4 Å². The molecule has 0 aromatic heterocycles. The van der Waals surface area contributed by atoms with E-state index in [-0.39, 0.29) is 30.5 Å². The van der Waals surface area contributed by atoms with Crippen molar-refractivity contribution in [3.8, 4) is 0 Å². The van der Waals surface area contributed by atoms with E-state index in [0.717, 1.165) is 32.1 Å². The number of carbonyl (C=O) groups excluding carboxylic acids is 1. The summed E-state index contributed by atoms with van der Waals surface area (Å²) in [6.45, 7) is 3.50. The molecule has 10 heteroatoms. The van der Waals surface area contributed by atoms with Gasteiger partial charge in [0, 0.05) is 19.3 Å². The van der Waals surface area contributed by atoms with E-state index in [1.54, 1.807) is 21.0 Å². The molecule has 9 nitrogen and oxygen atoms in total. The highest BCUT2D eigenvalue weighted by atomic mass is 31.2. The fourth-order valence-electron chi connectivity index (χ4n) is 4.86. The van der Waals surface area contributed by atoms with Crippen LogP contribution in [-0.2, 0) is 18.6 Å². The number of carbonyl (C=O) groups is 1. The first-order chi connectivity index (χ1) is 20.0. The average molecular weight is 621 g/mol. The quantitative estimate of drug-likeness (QED) is 0.0192. The van der Waals surface area contributed by atoms with Gasteiger partial charge < -0.3 is 34.0 Å². The van der Waals surface area contributed by atoms with Crippen molar-refractivity contribution in [3.05, 3.63) is 24.3 Å². The summed E-state index contributed by atoms with van der Waals surface area (Å²) in [6, 6.07) is 0. The lowest BCUT2D eigenvalue weighted by atomic mass is 10.1. The van der Waals surface area contributed by atoms with Crippen molar-refractivity contribution < 1.29 is 43.3 Å². The number of esters is 1. The van der Waals surface area contributed by atoms with Gasteiger partial charge in [0.05, 0.1) is 27.2 Å². The number of nitrogens with zero attached hydrogens (tertiary/aromatic N) is 1. The van der Waals surface area contributed by atoms with Crippen molar-refractivity contribution in [1.29, 1.82) is 0 Å². The molecule has 0 saturated carbocycles. The number of hydrogen-bond acceptors (Lipinski definition) is 7. The highest BCUT2D eigenvalue weighted by Crippen LogP contribution is 2.52. The molecule has 2 unspecified atom stereocenters. The normalized spacial score (nSPS) is 15.5. The Balaban J connectivity index is 3.87. The zero-order chi connectivity index (χ0) is 31.7. The van der Waals surface area contributed by atoms with Crippen LogP contribution in [0.1, 0.15) is 123 Å². The van der Waals surface area contributed by atoms with Crippen LogP contribution >= 0.6 is 7.60 Å². The third kappa shape index (κ3) is 22.5. The summed E-state index contributed by atoms with van der Waals surface area (Å²) in [6.07, 6.45) is 23.3. The molecule has 0 spiro atoms. The van der Waals surface area contributed by atoms with E-state index in [1.807, 2.05) is 0 Å². The van der Waals surface area contributed by atoms with Crippen molar-refractivity contribution in [2.75, 3.05) is 33.9 Å². The summed E-state index contributed by atoms with van der Waals surface area (Å²) in [7, 11) is -0.694. The second-order valence-electron chi connectivity index (χ2n) is 11.9. The minimum absolute atomic E-state index is 0.0533. The molecule has 3 atom stereocenters. The van der Waals surface area contributed by atoms with Gasteiger partial charge in [-0.2, -0.15) is 0 Å². The van der Waals surface area contributed by atoms with Crippen LogP contribution < -0.4 is 0 Å². The van der Waals surface area contributed by atoms with Gasteiger partial charge in [-0.05, 0) is 51.4 Å². The molecule has 0 aliphatic rings. The molecule has 4 N–H and O–H groups in total. The van der Waals surface area contributed by atoms with Crippen LogP contribution in [0.2, 0.25) is 0 Å². The number of ether oxygens (including phenoxy) is 1. The van der Waals surface area contributed by atoms with Gasteiger partial charge in [-0.15, -0.1) is 0 Å². The lowest BCUT2D eigenvalue weighted by Crippen LogP contribution is -2.50. The summed E-state index contributed by atoms with van der Waals surface area (Å²) in [5.74, 6) is -1.20. The van der Waals surface area contributed by atoms with Crippen LogP contribution in [-0.4, -0.2) is 82.7 Å². The maximum atomic E-state index is 12.8. The number of aliphatic hydroxyl groups is 3. The fourth-order valence-corrected chi connectivity index (χ4v) is 6.79. The number of aliphatic hydroxyl groups excluding tert-OH is 2. The maximum Gasteiger partial charge on any atom is 0.385 e. The van der Waals surface area contributed by atoms with Gasteiger partial charge in [0.1, 0.15) is 12.7 Å². The van der Waals surface area contributed by atoms with E-state index < -0.39 is 38.3 Å². The third-order valence-electron chi connectivity index (χ3n) is 7.45. The van der Waals surface area contributed by atoms with Crippen LogP contribution in [0.3, 0.4) is 0 Å². The molecule has 0 aromatic carbocycles. The molecule has 0 heterocycles. The SMILES string of the molecule is CCCC/C=C\CCCC/C=C\CCCCCCCCC(=O)OC[C@@H](O)COP(=O)(O)C(CC)[N+](C)(C)CCC(O)O. The Kier molecular flexibility index (Phi) is 24.6. The maximum absolute atomic E-state index is 12.8. The van der Waals surface area contributed by atoms with Crippen LogP contribution in [0.5, 0.6) is 0 Å². The van der Waals surface area contributed by atoms with Gasteiger partial charge in [-0.3, -0.25) is 9.36 Å². The van der Waals surface area contributed by atoms with E-state index in [4.69, 9.17) is 19.5 Å². The number of rotatable bonds is 28. The molecule has 0 rings (SSSR count). The third-order valence-corrected chi connectivity index (χ3v) is 9.71. The minimum atomic E-state index is -4.13. The molecule has 248 valence electrons. The number of allylic oxidation sites excluding steroid dienone is 4. The Hall–Kier alpha value is -1.06. The molecule has 0 saturated heterocycles. The minimum Gasteiger partial charge on any atom is -0.463 e. The Labute approximate surface area is 256 Å². The van der Waals surface area contributed by atoms with Crippen molar-refractivity contribution in [3.63, 3.8) is 0 Å². The van der Waals surface area contributed by atoms with Crippen molar-refractivity contribution in [2.45, 2.75) is 141 Å². The Morgan fingerprint density at radius 1 is 0.786 bits per heavy atom. The average Bonchev–Trinajstić information content (AvgIpc) is 2.93. The van der Waals surface area contributed by atoms with E-state index in [2.05, 4.69) is 31.2 Å². The molecule has 0 fully saturated rings. The highest BCUT2D eigenvalue weighted by molar-refractivity contribution is 7.53. The van der Waals surface area contributed by atoms with E-state index >= 15 is 0 Å². The van der Waals surface area contributed by atoms with Gasteiger partial charge >= 0.3 is 13.6 Å². The highest BCUT2D eigenvalue weighted by Gasteiger charge is 2.43. The van der Waals surface area contributed by atoms with Gasteiger partial charge in [-0.1, -0.05) is 76.7 Å². The first-order valence-corrected chi connectivity index (χ1v) is 17.9. The predicted molar refractivity (Wildman–Crippen MR) is 170 cm³/mol. The number of hydrogen-bond donors (Lipinski definition) is 4. The van der Waals surface area contributed by atoms with Crippen LogP contribution in [0.25, 0.3) is 0 Å². The number of unbranched alkanes of at least 4 members (excludes halogenated alkanes) is 11. The first-order valence-electron chi connectivity index (χ1n) is 16.3. The van der Waals surface area contributed by atoms with Crippen molar-refractivity contribution in [2.24, 2.45) is 0 Å². The molecule has 0 aliphatic heterocycles. The monoisotopic (exact) mass is 620 g/mol. The van der Waals surface area contributed by atoms with Crippen LogP contribution in [0.15, 0.2) is 24.3 Å². The molecule has 42 heavy (non-hydrogen) atoms. The Bertz CT molecular complexity index is 772. The van der Waals surface area contributed by atoms with Gasteiger partial charge in [-0.25, -0.2) is 0 Å². The lowest BCUT2D eigenvalue weighted by molar-refractivity contribution is -0.903. The predicted octanol–water partition coefficient (Wildman–Crippen LogP) is 6.59. The second-order valence-corrected chi connectivity index (χ2v) is 13.9. The molecule has 0 radical (unpaired) electrons. The van der Waals surface area contributed by atoms with Gasteiger partial charge in [0.15, 0.2) is 12.1 Å². The van der Waals surface area contributed by atoms with Crippen LogP contribution in [0.4, 0.5) is 0 Å². The molecule has 0 amide bonds. The molecule has 0 bridgehead atoms. The zero-order valence-electron chi connectivity index (χ0n) is 27.0. The molecule has 0 aliphatic carbocycles. The molecular weight excluding hydrogens is 557 g/mol. The Morgan fingerprint density at radius 3 is 1.81 bits per heavy atom. The largest absolute Gasteiger partial charge is 0.463 e. The zero-order valence-corrected chi connectivity index (χ0v) is 27.9. The van der Waals surface area contributed by atoms with Gasteiger partial charge in [0.25, 0.3) is 0 Å². The summed E-state index contributed by atoms with van der Waals surface area (Å²) in [5, 5.41) is 28.4. The topological polar surface area (TPSA) is 134 Å². The van der Waals surface area contributed by atoms with E-state index in [0.29, 0.717) is 6.42 Å². The second kappa shape index (κ2) is 25.3. The van der Waals surface area contributed by atoms with E-state index in [1.165, 1.54) is 57.8 Å². The van der Waals surface area contributed by atoms with Crippen molar-refractivity contribution >= 4 is 13.6 Å². The molecule has 0 aromatic rings. The summed E-state index contributed by atoms with van der Waals surface area (Å²) < 4.78 is 23.2. The lowest BCUT2D eigenvalue weighted by Gasteiger charge is -2.39. The smallest absolute Gasteiger partial charge is 0.385 e. The summed E-state index contributed by atoms with van der Waals surface area (Å²) >= 11 is 0.